The van der Waals surface area contributed by atoms with Crippen molar-refractivity contribution in [1.82, 2.24) is 29.7 Å². The molecule has 1 saturated heterocycles. The second kappa shape index (κ2) is 6.19. The highest BCUT2D eigenvalue weighted by atomic mass is 16.2. The smallest absolute Gasteiger partial charge is 0.269 e. The monoisotopic (exact) mass is 339 g/mol. The lowest BCUT2D eigenvalue weighted by Gasteiger charge is -2.34. The summed E-state index contributed by atoms with van der Waals surface area (Å²) in [6.45, 7) is 3.55. The molecule has 25 heavy (non-hydrogen) atoms. The molecule has 4 heterocycles. The van der Waals surface area contributed by atoms with E-state index >= 15 is 0 Å². The van der Waals surface area contributed by atoms with Gasteiger partial charge in [-0.2, -0.15) is 10.2 Å². The Morgan fingerprint density at radius 2 is 2.24 bits per heavy atom. The van der Waals surface area contributed by atoms with Crippen LogP contribution in [0.15, 0.2) is 30.7 Å². The highest BCUT2D eigenvalue weighted by Gasteiger charge is 2.25. The van der Waals surface area contributed by atoms with Gasteiger partial charge in [0.25, 0.3) is 5.91 Å². The molecule has 1 N–H and O–H groups in total. The molecule has 1 aliphatic heterocycles. The summed E-state index contributed by atoms with van der Waals surface area (Å²) in [5.41, 5.74) is 2.41. The van der Waals surface area contributed by atoms with Gasteiger partial charge >= 0.3 is 0 Å². The minimum absolute atomic E-state index is 0.0783. The van der Waals surface area contributed by atoms with Gasteiger partial charge in [0.05, 0.1) is 11.9 Å². The average molecular weight is 339 g/mol. The zero-order valence-electron chi connectivity index (χ0n) is 14.4. The minimum atomic E-state index is -0.0783. The first-order valence-electron chi connectivity index (χ1n) is 8.46. The van der Waals surface area contributed by atoms with Crippen molar-refractivity contribution in [2.24, 2.45) is 7.05 Å². The summed E-state index contributed by atoms with van der Waals surface area (Å²) in [6, 6.07) is 3.86. The number of aryl methyl sites for hydroxylation is 2. The Hall–Kier alpha value is -2.90. The number of rotatable bonds is 3. The van der Waals surface area contributed by atoms with E-state index in [2.05, 4.69) is 25.4 Å². The predicted molar refractivity (Wildman–Crippen MR) is 93.6 cm³/mol. The van der Waals surface area contributed by atoms with Crippen molar-refractivity contribution in [3.05, 3.63) is 42.1 Å². The van der Waals surface area contributed by atoms with Gasteiger partial charge in [-0.05, 0) is 31.9 Å². The summed E-state index contributed by atoms with van der Waals surface area (Å²) in [5, 5.41) is 11.6. The second-order valence-electron chi connectivity index (χ2n) is 6.47. The molecule has 1 amide bonds. The van der Waals surface area contributed by atoms with Gasteiger partial charge in [-0.25, -0.2) is 9.50 Å². The van der Waals surface area contributed by atoms with Gasteiger partial charge in [0.15, 0.2) is 5.82 Å². The van der Waals surface area contributed by atoms with E-state index < -0.39 is 0 Å². The summed E-state index contributed by atoms with van der Waals surface area (Å²) < 4.78 is 3.45. The Morgan fingerprint density at radius 1 is 1.36 bits per heavy atom. The Kier molecular flexibility index (Phi) is 3.87. The molecule has 0 bridgehead atoms. The van der Waals surface area contributed by atoms with Crippen LogP contribution in [0.1, 0.15) is 29.0 Å². The van der Waals surface area contributed by atoms with Crippen LogP contribution >= 0.6 is 0 Å². The molecule has 8 heteroatoms. The van der Waals surface area contributed by atoms with Gasteiger partial charge in [0, 0.05) is 38.6 Å². The fourth-order valence-electron chi connectivity index (χ4n) is 3.46. The topological polar surface area (TPSA) is 80.4 Å². The molecule has 8 nitrogen and oxygen atoms in total. The number of nitrogens with zero attached hydrogens (tertiary/aromatic N) is 6. The van der Waals surface area contributed by atoms with Gasteiger partial charge < -0.3 is 10.2 Å². The van der Waals surface area contributed by atoms with Crippen LogP contribution < -0.4 is 10.2 Å². The zero-order chi connectivity index (χ0) is 17.4. The van der Waals surface area contributed by atoms with Crippen LogP contribution in [0.2, 0.25) is 0 Å². The molecular weight excluding hydrogens is 318 g/mol. The lowest BCUT2D eigenvalue weighted by molar-refractivity contribution is 0.0923. The van der Waals surface area contributed by atoms with Crippen LogP contribution in [0.3, 0.4) is 0 Å². The van der Waals surface area contributed by atoms with Crippen LogP contribution in [0.4, 0.5) is 5.82 Å². The highest BCUT2D eigenvalue weighted by Crippen LogP contribution is 2.22. The number of carbonyl (C=O) groups excluding carboxylic acids is 1. The quantitative estimate of drug-likeness (QED) is 0.775. The molecule has 0 saturated carbocycles. The van der Waals surface area contributed by atoms with Crippen molar-refractivity contribution in [3.63, 3.8) is 0 Å². The number of amides is 1. The van der Waals surface area contributed by atoms with E-state index in [1.54, 1.807) is 24.1 Å². The lowest BCUT2D eigenvalue weighted by Crippen LogP contribution is -2.48. The average Bonchev–Trinajstić information content (AvgIpc) is 3.20. The third kappa shape index (κ3) is 2.95. The lowest BCUT2D eigenvalue weighted by atomic mass is 10.1. The molecule has 1 atom stereocenters. The molecular formula is C17H21N7O. The molecule has 130 valence electrons. The Bertz CT molecular complexity index is 913. The molecule has 4 rings (SSSR count). The van der Waals surface area contributed by atoms with Crippen molar-refractivity contribution in [2.45, 2.75) is 25.8 Å². The molecule has 0 radical (unpaired) electrons. The summed E-state index contributed by atoms with van der Waals surface area (Å²) in [5.74, 6) is 0.834. The highest BCUT2D eigenvalue weighted by molar-refractivity contribution is 5.92. The fourth-order valence-corrected chi connectivity index (χ4v) is 3.46. The van der Waals surface area contributed by atoms with Crippen LogP contribution in [-0.4, -0.2) is 49.4 Å². The Balaban J connectivity index is 1.50. The molecule has 0 aliphatic carbocycles. The van der Waals surface area contributed by atoms with Gasteiger partial charge in [-0.3, -0.25) is 9.48 Å². The maximum Gasteiger partial charge on any atom is 0.269 e. The molecule has 3 aromatic rings. The molecule has 3 aromatic heterocycles. The standard InChI is InChI=1S/C17H21N7O/c1-12-10-15(22(2)21-12)17(25)20-13-4-3-8-23(11-13)16-14-5-6-19-24(14)9-7-18-16/h5-7,9-10,13H,3-4,8,11H2,1-2H3,(H,20,25). The zero-order valence-corrected chi connectivity index (χ0v) is 14.4. The number of aromatic nitrogens is 5. The first kappa shape index (κ1) is 15.6. The number of nitrogens with one attached hydrogen (secondary N) is 1. The maximum atomic E-state index is 12.5. The van der Waals surface area contributed by atoms with Crippen molar-refractivity contribution in [3.8, 4) is 0 Å². The molecule has 1 unspecified atom stereocenters. The van der Waals surface area contributed by atoms with Crippen molar-refractivity contribution in [2.75, 3.05) is 18.0 Å². The van der Waals surface area contributed by atoms with Crippen molar-refractivity contribution < 1.29 is 4.79 Å². The second-order valence-corrected chi connectivity index (χ2v) is 6.47. The predicted octanol–water partition coefficient (Wildman–Crippen LogP) is 1.17. The number of carbonyl (C=O) groups is 1. The van der Waals surface area contributed by atoms with Crippen molar-refractivity contribution in [1.29, 1.82) is 0 Å². The number of hydrogen-bond donors (Lipinski definition) is 1. The van der Waals surface area contributed by atoms with Gasteiger partial charge in [0.2, 0.25) is 0 Å². The fraction of sp³-hybridized carbons (Fsp3) is 0.412. The molecule has 1 aliphatic rings. The van der Waals surface area contributed by atoms with E-state index in [9.17, 15) is 4.79 Å². The van der Waals surface area contributed by atoms with E-state index in [0.29, 0.717) is 5.69 Å². The van der Waals surface area contributed by atoms with Crippen LogP contribution in [0, 0.1) is 6.92 Å². The van der Waals surface area contributed by atoms with E-state index in [1.165, 1.54) is 0 Å². The number of hydrogen-bond acceptors (Lipinski definition) is 5. The first-order valence-corrected chi connectivity index (χ1v) is 8.46. The van der Waals surface area contributed by atoms with E-state index in [4.69, 9.17) is 0 Å². The largest absolute Gasteiger partial charge is 0.353 e. The minimum Gasteiger partial charge on any atom is -0.353 e. The first-order chi connectivity index (χ1) is 12.1. The van der Waals surface area contributed by atoms with Crippen molar-refractivity contribution >= 4 is 17.2 Å². The van der Waals surface area contributed by atoms with E-state index in [-0.39, 0.29) is 11.9 Å². The summed E-state index contributed by atoms with van der Waals surface area (Å²) >= 11 is 0. The third-order valence-electron chi connectivity index (χ3n) is 4.59. The van der Waals surface area contributed by atoms with Crippen LogP contribution in [0.25, 0.3) is 5.52 Å². The Labute approximate surface area is 145 Å². The summed E-state index contributed by atoms with van der Waals surface area (Å²) in [7, 11) is 1.79. The van der Waals surface area contributed by atoms with Gasteiger partial charge in [-0.1, -0.05) is 0 Å². The maximum absolute atomic E-state index is 12.5. The number of anilines is 1. The van der Waals surface area contributed by atoms with Gasteiger partial charge in [0.1, 0.15) is 11.2 Å². The summed E-state index contributed by atoms with van der Waals surface area (Å²) in [6.07, 6.45) is 7.34. The van der Waals surface area contributed by atoms with Gasteiger partial charge in [-0.15, -0.1) is 0 Å². The van der Waals surface area contributed by atoms with E-state index in [1.807, 2.05) is 29.8 Å². The third-order valence-corrected chi connectivity index (χ3v) is 4.59. The van der Waals surface area contributed by atoms with Crippen LogP contribution in [0.5, 0.6) is 0 Å². The molecule has 0 aromatic carbocycles. The van der Waals surface area contributed by atoms with E-state index in [0.717, 1.165) is 43.0 Å². The molecule has 1 fully saturated rings. The van der Waals surface area contributed by atoms with Crippen LogP contribution in [-0.2, 0) is 7.05 Å². The SMILES string of the molecule is Cc1cc(C(=O)NC2CCCN(c3nccn4nccc34)C2)n(C)n1. The number of piperidine rings is 1. The Morgan fingerprint density at radius 3 is 3.04 bits per heavy atom. The number of fused-ring (bicyclic) bond motifs is 1. The normalized spacial score (nSPS) is 17.8. The molecule has 0 spiro atoms. The summed E-state index contributed by atoms with van der Waals surface area (Å²) in [4.78, 5) is 19.3.